The minimum atomic E-state index is -0.544. The van der Waals surface area contributed by atoms with Crippen LogP contribution in [0.4, 0.5) is 11.4 Å². The SMILES string of the molecule is C=CCn1ccnc1.C=CCn1ccnc1.CC(/C=C(\[O-])c1ccccc1)=N\N=C(/[O-])c1ccccc1N.CC(/C=C(\[O-])c1ccccc1)=N\N=C(/[O-])c1ccccc1N.[Mo].[Mo].[O-2].[O-2].[O-2].[O-2]. The number of hydrogen-bond acceptors (Lipinski definition) is 12. The van der Waals surface area contributed by atoms with Gasteiger partial charge in [-0.25, -0.2) is 9.97 Å². The van der Waals surface area contributed by atoms with Crippen LogP contribution in [-0.4, -0.2) is 42.3 Å². The van der Waals surface area contributed by atoms with E-state index in [-0.39, 0.29) is 86.7 Å². The Morgan fingerprint density at radius 1 is 0.530 bits per heavy atom. The molecule has 0 atom stereocenters. The van der Waals surface area contributed by atoms with Crippen LogP contribution >= 0.6 is 0 Å². The van der Waals surface area contributed by atoms with Crippen LogP contribution < -0.4 is 31.9 Å². The number of para-hydroxylation sites is 2. The van der Waals surface area contributed by atoms with Crippen molar-refractivity contribution in [3.63, 3.8) is 0 Å². The summed E-state index contributed by atoms with van der Waals surface area (Å²) in [7, 11) is 0. The van der Waals surface area contributed by atoms with Crippen molar-refractivity contribution in [3.8, 4) is 0 Å². The topological polar surface area (TPSA) is 343 Å². The van der Waals surface area contributed by atoms with E-state index in [4.69, 9.17) is 11.5 Å². The van der Waals surface area contributed by atoms with Crippen molar-refractivity contribution in [2.45, 2.75) is 26.9 Å². The zero-order valence-corrected chi connectivity index (χ0v) is 39.8. The molecule has 6 aromatic rings. The fourth-order valence-electron chi connectivity index (χ4n) is 4.64. The summed E-state index contributed by atoms with van der Waals surface area (Å²) in [5.41, 5.74) is 14.4. The molecule has 352 valence electrons. The van der Waals surface area contributed by atoms with E-state index < -0.39 is 11.8 Å². The molecular formula is C46H46Mo2N10O8-12. The van der Waals surface area contributed by atoms with E-state index in [2.05, 4.69) is 43.5 Å². The number of imidazole rings is 2. The van der Waals surface area contributed by atoms with Gasteiger partial charge in [0.1, 0.15) is 0 Å². The van der Waals surface area contributed by atoms with Gasteiger partial charge in [0.2, 0.25) is 0 Å². The van der Waals surface area contributed by atoms with Gasteiger partial charge in [0.05, 0.1) is 24.1 Å². The van der Waals surface area contributed by atoms with Crippen molar-refractivity contribution in [3.05, 3.63) is 206 Å². The van der Waals surface area contributed by atoms with Gasteiger partial charge in [-0.15, -0.1) is 13.2 Å². The standard InChI is InChI=1S/2C17H17N3O2.2C6H8N2.2Mo.4O/c2*1-12(11-16(21)13-7-3-2-4-8-13)19-20-17(22)14-9-5-6-10-15(14)18;2*1-2-4-8-5-3-7-6-8;;;;;;/h2*2-11,21H,18H2,1H3,(H,20,22);2*2-3,5-6H,1,4H2;;;;;;/q;;;;;;4*-2/p-4/b2*16-11-,19-12+;;;;;;;;. The van der Waals surface area contributed by atoms with Crippen LogP contribution in [0.25, 0.3) is 11.5 Å². The second-order valence-corrected chi connectivity index (χ2v) is 12.3. The first-order chi connectivity index (χ1) is 29.0. The molecular weight excluding hydrogens is 1010 g/mol. The van der Waals surface area contributed by atoms with E-state index >= 15 is 0 Å². The molecule has 4 N–H and O–H groups in total. The molecule has 0 saturated heterocycles. The summed E-state index contributed by atoms with van der Waals surface area (Å²) < 4.78 is 3.90. The van der Waals surface area contributed by atoms with Crippen LogP contribution in [0.15, 0.2) is 205 Å². The Balaban J connectivity index is -0.000000410. The van der Waals surface area contributed by atoms with Gasteiger partial charge in [0, 0.05) is 114 Å². The van der Waals surface area contributed by atoms with Crippen molar-refractivity contribution < 1.29 is 84.5 Å². The first-order valence-electron chi connectivity index (χ1n) is 18.3. The number of anilines is 2. The Morgan fingerprint density at radius 2 is 0.848 bits per heavy atom. The van der Waals surface area contributed by atoms with Crippen LogP contribution in [0.3, 0.4) is 0 Å². The minimum absolute atomic E-state index is 0. The van der Waals surface area contributed by atoms with Gasteiger partial charge >= 0.3 is 0 Å². The van der Waals surface area contributed by atoms with Crippen LogP contribution in [-0.2, 0) is 77.1 Å². The largest absolute Gasteiger partial charge is 2.00 e. The zero-order chi connectivity index (χ0) is 43.5. The predicted octanol–water partition coefficient (Wildman–Crippen LogP) is 3.96. The van der Waals surface area contributed by atoms with Crippen molar-refractivity contribution in [2.24, 2.45) is 20.4 Å². The van der Waals surface area contributed by atoms with Gasteiger partial charge in [-0.05, 0) is 49.3 Å². The molecule has 18 nitrogen and oxygen atoms in total. The number of aromatic nitrogens is 4. The molecule has 66 heavy (non-hydrogen) atoms. The van der Waals surface area contributed by atoms with Crippen LogP contribution in [0.2, 0.25) is 0 Å². The molecule has 20 heteroatoms. The number of nitrogen functional groups attached to an aromatic ring is 2. The zero-order valence-electron chi connectivity index (χ0n) is 35.8. The monoisotopic (exact) mass is 1060 g/mol. The normalized spacial score (nSPS) is 11.0. The maximum atomic E-state index is 11.9. The number of hydrogen-bond donors (Lipinski definition) is 2. The minimum Gasteiger partial charge on any atom is -2.00 e. The van der Waals surface area contributed by atoms with Crippen LogP contribution in [0.1, 0.15) is 36.1 Å². The molecule has 0 amide bonds. The molecule has 0 aliphatic heterocycles. The molecule has 0 spiro atoms. The molecule has 0 fully saturated rings. The van der Waals surface area contributed by atoms with Gasteiger partial charge < -0.3 is 62.9 Å². The van der Waals surface area contributed by atoms with E-state index in [1.807, 2.05) is 45.8 Å². The van der Waals surface area contributed by atoms with Crippen LogP contribution in [0.5, 0.6) is 0 Å². The Bertz CT molecular complexity index is 2240. The summed E-state index contributed by atoms with van der Waals surface area (Å²) in [6, 6.07) is 30.8. The molecule has 0 unspecified atom stereocenters. The number of nitrogens with zero attached hydrogens (tertiary/aromatic N) is 8. The maximum Gasteiger partial charge on any atom is 0.0948 e. The quantitative estimate of drug-likeness (QED) is 0.0343. The number of nitrogens with two attached hydrogens (primary N) is 2. The number of allylic oxidation sites excluding steroid dienone is 4. The smallest absolute Gasteiger partial charge is 0.0948 e. The average molecular weight is 1060 g/mol. The molecule has 2 heterocycles. The third kappa shape index (κ3) is 24.7. The van der Waals surface area contributed by atoms with E-state index in [0.717, 1.165) is 13.1 Å². The first-order valence-corrected chi connectivity index (χ1v) is 18.3. The summed E-state index contributed by atoms with van der Waals surface area (Å²) in [5.74, 6) is -1.47. The van der Waals surface area contributed by atoms with Crippen molar-refractivity contribution in [2.75, 3.05) is 11.5 Å². The Morgan fingerprint density at radius 3 is 1.14 bits per heavy atom. The first kappa shape index (κ1) is 65.6. The third-order valence-corrected chi connectivity index (χ3v) is 7.57. The van der Waals surface area contributed by atoms with Crippen LogP contribution in [0, 0.1) is 0 Å². The Labute approximate surface area is 412 Å². The fraction of sp³-hybridized carbons (Fsp3) is 0.0870. The summed E-state index contributed by atoms with van der Waals surface area (Å²) in [4.78, 5) is 7.71. The Kier molecular flexibility index (Phi) is 37.1. The summed E-state index contributed by atoms with van der Waals surface area (Å²) in [6.45, 7) is 12.1. The molecule has 0 bridgehead atoms. The van der Waals surface area contributed by atoms with Gasteiger partial charge in [-0.1, -0.05) is 121 Å². The van der Waals surface area contributed by atoms with E-state index in [9.17, 15) is 20.4 Å². The van der Waals surface area contributed by atoms with Crippen molar-refractivity contribution in [1.82, 2.24) is 19.1 Å². The summed E-state index contributed by atoms with van der Waals surface area (Å²) >= 11 is 0. The maximum absolute atomic E-state index is 11.9. The molecule has 0 aliphatic rings. The van der Waals surface area contributed by atoms with E-state index in [1.54, 1.807) is 136 Å². The van der Waals surface area contributed by atoms with Gasteiger partial charge in [-0.3, -0.25) is 0 Å². The molecule has 0 radical (unpaired) electrons. The van der Waals surface area contributed by atoms with Crippen molar-refractivity contribution in [1.29, 1.82) is 0 Å². The van der Waals surface area contributed by atoms with Crippen molar-refractivity contribution >= 4 is 46.1 Å². The number of rotatable bonds is 12. The summed E-state index contributed by atoms with van der Waals surface area (Å²) in [5, 5.41) is 62.3. The van der Waals surface area contributed by atoms with Gasteiger partial charge in [0.15, 0.2) is 0 Å². The molecule has 0 saturated carbocycles. The molecule has 4 aromatic carbocycles. The second-order valence-electron chi connectivity index (χ2n) is 12.3. The van der Waals surface area contributed by atoms with Gasteiger partial charge in [-0.2, -0.15) is 20.4 Å². The van der Waals surface area contributed by atoms with E-state index in [0.29, 0.717) is 33.9 Å². The number of benzene rings is 4. The fourth-order valence-corrected chi connectivity index (χ4v) is 4.64. The Hall–Kier alpha value is -7.04. The van der Waals surface area contributed by atoms with Gasteiger partial charge in [0.25, 0.3) is 0 Å². The predicted molar refractivity (Wildman–Crippen MR) is 237 cm³/mol. The second kappa shape index (κ2) is 37.3. The molecule has 0 aliphatic carbocycles. The molecule has 6 rings (SSSR count). The van der Waals surface area contributed by atoms with E-state index in [1.165, 1.54) is 12.2 Å². The summed E-state index contributed by atoms with van der Waals surface area (Å²) in [6.07, 6.45) is 17.2. The molecule has 2 aromatic heterocycles. The third-order valence-electron chi connectivity index (χ3n) is 7.57. The average Bonchev–Trinajstić information content (AvgIpc) is 3.99.